The zero-order valence-electron chi connectivity index (χ0n) is 10.7. The largest absolute Gasteiger partial charge is 0.507 e. The maximum atomic E-state index is 13.1. The fraction of sp³-hybridized carbons (Fsp3) is 0.133. The predicted octanol–water partition coefficient (Wildman–Crippen LogP) is 4.11. The second-order valence-corrected chi connectivity index (χ2v) is 4.72. The standard InChI is InChI=1S/C15H12ClFO3/c1-2-8-5-14(18)12(15(19)20)7-11(8)10-4-3-9(17)6-13(10)16/h3-7,18H,2H2,1H3,(H,19,20). The van der Waals surface area contributed by atoms with Gasteiger partial charge in [0.05, 0.1) is 5.02 Å². The molecule has 0 fully saturated rings. The molecule has 2 N–H and O–H groups in total. The summed E-state index contributed by atoms with van der Waals surface area (Å²) < 4.78 is 13.1. The summed E-state index contributed by atoms with van der Waals surface area (Å²) in [6.45, 7) is 1.87. The molecular formula is C15H12ClFO3. The van der Waals surface area contributed by atoms with E-state index in [-0.39, 0.29) is 16.3 Å². The highest BCUT2D eigenvalue weighted by Gasteiger charge is 2.16. The minimum absolute atomic E-state index is 0.196. The second-order valence-electron chi connectivity index (χ2n) is 4.31. The van der Waals surface area contributed by atoms with E-state index in [2.05, 4.69) is 0 Å². The Labute approximate surface area is 120 Å². The van der Waals surface area contributed by atoms with Gasteiger partial charge in [-0.2, -0.15) is 0 Å². The van der Waals surface area contributed by atoms with E-state index in [0.29, 0.717) is 17.5 Å². The van der Waals surface area contributed by atoms with Crippen LogP contribution < -0.4 is 0 Å². The van der Waals surface area contributed by atoms with E-state index in [1.807, 2.05) is 6.92 Å². The summed E-state index contributed by atoms with van der Waals surface area (Å²) in [5, 5.41) is 19.0. The van der Waals surface area contributed by atoms with Gasteiger partial charge in [0.15, 0.2) is 0 Å². The van der Waals surface area contributed by atoms with E-state index in [1.54, 1.807) is 0 Å². The van der Waals surface area contributed by atoms with Gasteiger partial charge in [0.1, 0.15) is 17.1 Å². The summed E-state index contributed by atoms with van der Waals surface area (Å²) in [6.07, 6.45) is 0.580. The van der Waals surface area contributed by atoms with Crippen LogP contribution in [0.15, 0.2) is 30.3 Å². The number of carboxylic acid groups (broad SMARTS) is 1. The molecule has 0 aliphatic rings. The lowest BCUT2D eigenvalue weighted by Gasteiger charge is -2.12. The molecule has 0 spiro atoms. The number of rotatable bonds is 3. The lowest BCUT2D eigenvalue weighted by Crippen LogP contribution is -2.00. The summed E-state index contributed by atoms with van der Waals surface area (Å²) >= 11 is 6.01. The Kier molecular flexibility index (Phi) is 3.95. The first kappa shape index (κ1) is 14.3. The summed E-state index contributed by atoms with van der Waals surface area (Å²) in [4.78, 5) is 11.1. The second kappa shape index (κ2) is 5.51. The fourth-order valence-corrected chi connectivity index (χ4v) is 2.32. The predicted molar refractivity (Wildman–Crippen MR) is 74.8 cm³/mol. The molecule has 0 aliphatic heterocycles. The number of hydrogen-bond donors (Lipinski definition) is 2. The zero-order valence-corrected chi connectivity index (χ0v) is 11.4. The molecule has 0 aliphatic carbocycles. The van der Waals surface area contributed by atoms with Crippen LogP contribution in [0.5, 0.6) is 5.75 Å². The molecule has 20 heavy (non-hydrogen) atoms. The highest BCUT2D eigenvalue weighted by atomic mass is 35.5. The number of aromatic carboxylic acids is 1. The van der Waals surface area contributed by atoms with Crippen molar-refractivity contribution in [1.82, 2.24) is 0 Å². The Morgan fingerprint density at radius 3 is 2.50 bits per heavy atom. The molecule has 2 rings (SSSR count). The van der Waals surface area contributed by atoms with E-state index < -0.39 is 11.8 Å². The highest BCUT2D eigenvalue weighted by molar-refractivity contribution is 6.33. The van der Waals surface area contributed by atoms with Crippen LogP contribution in [0.4, 0.5) is 4.39 Å². The van der Waals surface area contributed by atoms with Gasteiger partial charge in [0.2, 0.25) is 0 Å². The Bertz CT molecular complexity index is 683. The topological polar surface area (TPSA) is 57.5 Å². The molecule has 5 heteroatoms. The number of aromatic hydroxyl groups is 1. The summed E-state index contributed by atoms with van der Waals surface area (Å²) in [5.41, 5.74) is 1.64. The molecule has 0 amide bonds. The van der Waals surface area contributed by atoms with Crippen molar-refractivity contribution in [3.05, 3.63) is 52.3 Å². The summed E-state index contributed by atoms with van der Waals surface area (Å²) in [6, 6.07) is 6.68. The quantitative estimate of drug-likeness (QED) is 0.895. The van der Waals surface area contributed by atoms with Crippen molar-refractivity contribution in [3.8, 4) is 16.9 Å². The first-order chi connectivity index (χ1) is 9.43. The Morgan fingerprint density at radius 1 is 1.25 bits per heavy atom. The average Bonchev–Trinajstić information content (AvgIpc) is 2.38. The van der Waals surface area contributed by atoms with Gasteiger partial charge >= 0.3 is 5.97 Å². The molecule has 104 valence electrons. The van der Waals surface area contributed by atoms with Gasteiger partial charge in [-0.25, -0.2) is 9.18 Å². The highest BCUT2D eigenvalue weighted by Crippen LogP contribution is 2.35. The SMILES string of the molecule is CCc1cc(O)c(C(=O)O)cc1-c1ccc(F)cc1Cl. The van der Waals surface area contributed by atoms with Crippen molar-refractivity contribution < 1.29 is 19.4 Å². The van der Waals surface area contributed by atoms with E-state index in [1.165, 1.54) is 30.3 Å². The molecule has 0 atom stereocenters. The van der Waals surface area contributed by atoms with E-state index >= 15 is 0 Å². The van der Waals surface area contributed by atoms with Gasteiger partial charge < -0.3 is 10.2 Å². The molecule has 0 aromatic heterocycles. The van der Waals surface area contributed by atoms with Crippen molar-refractivity contribution in [2.24, 2.45) is 0 Å². The van der Waals surface area contributed by atoms with Crippen molar-refractivity contribution >= 4 is 17.6 Å². The number of benzene rings is 2. The first-order valence-corrected chi connectivity index (χ1v) is 6.36. The van der Waals surface area contributed by atoms with Crippen LogP contribution in [-0.2, 0) is 6.42 Å². The van der Waals surface area contributed by atoms with Crippen LogP contribution in [0.2, 0.25) is 5.02 Å². The zero-order chi connectivity index (χ0) is 14.9. The van der Waals surface area contributed by atoms with Crippen molar-refractivity contribution in [2.45, 2.75) is 13.3 Å². The molecule has 0 saturated heterocycles. The van der Waals surface area contributed by atoms with Gasteiger partial charge in [-0.05, 0) is 47.9 Å². The van der Waals surface area contributed by atoms with Crippen molar-refractivity contribution in [2.75, 3.05) is 0 Å². The Morgan fingerprint density at radius 2 is 1.95 bits per heavy atom. The molecule has 2 aromatic carbocycles. The lowest BCUT2D eigenvalue weighted by atomic mass is 9.95. The minimum Gasteiger partial charge on any atom is -0.507 e. The molecule has 0 unspecified atom stereocenters. The molecule has 2 aromatic rings. The van der Waals surface area contributed by atoms with Crippen LogP contribution in [0.1, 0.15) is 22.8 Å². The van der Waals surface area contributed by atoms with Gasteiger partial charge in [-0.15, -0.1) is 0 Å². The number of hydrogen-bond acceptors (Lipinski definition) is 2. The smallest absolute Gasteiger partial charge is 0.339 e. The van der Waals surface area contributed by atoms with Crippen LogP contribution in [0, 0.1) is 5.82 Å². The van der Waals surface area contributed by atoms with E-state index in [9.17, 15) is 14.3 Å². The summed E-state index contributed by atoms with van der Waals surface area (Å²) in [7, 11) is 0. The maximum absolute atomic E-state index is 13.1. The average molecular weight is 295 g/mol. The van der Waals surface area contributed by atoms with Crippen LogP contribution in [0.25, 0.3) is 11.1 Å². The van der Waals surface area contributed by atoms with E-state index in [0.717, 1.165) is 5.56 Å². The molecule has 0 radical (unpaired) electrons. The molecular weight excluding hydrogens is 283 g/mol. The van der Waals surface area contributed by atoms with Crippen molar-refractivity contribution in [1.29, 1.82) is 0 Å². The maximum Gasteiger partial charge on any atom is 0.339 e. The fourth-order valence-electron chi connectivity index (χ4n) is 2.05. The van der Waals surface area contributed by atoms with Crippen LogP contribution >= 0.6 is 11.6 Å². The summed E-state index contributed by atoms with van der Waals surface area (Å²) in [5.74, 6) is -1.99. The number of carbonyl (C=O) groups is 1. The van der Waals surface area contributed by atoms with Crippen molar-refractivity contribution in [3.63, 3.8) is 0 Å². The normalized spacial score (nSPS) is 10.6. The molecule has 0 heterocycles. The van der Waals surface area contributed by atoms with Gasteiger partial charge in [0.25, 0.3) is 0 Å². The van der Waals surface area contributed by atoms with Gasteiger partial charge in [-0.1, -0.05) is 18.5 Å². The molecule has 3 nitrogen and oxygen atoms in total. The third-order valence-electron chi connectivity index (χ3n) is 3.05. The van der Waals surface area contributed by atoms with Gasteiger partial charge in [0, 0.05) is 5.56 Å². The third-order valence-corrected chi connectivity index (χ3v) is 3.37. The van der Waals surface area contributed by atoms with Gasteiger partial charge in [-0.3, -0.25) is 0 Å². The molecule has 0 bridgehead atoms. The number of carboxylic acids is 1. The lowest BCUT2D eigenvalue weighted by molar-refractivity contribution is 0.0694. The minimum atomic E-state index is -1.23. The monoisotopic (exact) mass is 294 g/mol. The third kappa shape index (κ3) is 2.60. The van der Waals surface area contributed by atoms with E-state index in [4.69, 9.17) is 16.7 Å². The van der Waals surface area contributed by atoms with Crippen LogP contribution in [0.3, 0.4) is 0 Å². The number of aryl methyl sites for hydroxylation is 1. The number of halogens is 2. The molecule has 0 saturated carbocycles. The Hall–Kier alpha value is -2.07. The number of phenols is 1. The van der Waals surface area contributed by atoms with Crippen LogP contribution in [-0.4, -0.2) is 16.2 Å². The Balaban J connectivity index is 2.71. The first-order valence-electron chi connectivity index (χ1n) is 5.98.